The van der Waals surface area contributed by atoms with Crippen molar-refractivity contribution in [3.8, 4) is 0 Å². The van der Waals surface area contributed by atoms with E-state index in [2.05, 4.69) is 12.2 Å². The molecule has 1 saturated heterocycles. The van der Waals surface area contributed by atoms with Crippen molar-refractivity contribution in [2.75, 3.05) is 13.1 Å². The summed E-state index contributed by atoms with van der Waals surface area (Å²) in [6.07, 6.45) is 3.70. The molecule has 2 fully saturated rings. The largest absolute Gasteiger partial charge is 0.459 e. The summed E-state index contributed by atoms with van der Waals surface area (Å²) < 4.78 is 61.0. The van der Waals surface area contributed by atoms with Gasteiger partial charge in [-0.15, -0.1) is 11.8 Å². The van der Waals surface area contributed by atoms with Crippen molar-refractivity contribution in [2.45, 2.75) is 125 Å². The zero-order valence-corrected chi connectivity index (χ0v) is 24.3. The number of aryl methyl sites for hydroxylation is 1. The number of ether oxygens (including phenoxy) is 1. The molecule has 2 atom stereocenters. The minimum atomic E-state index is -3.89. The van der Waals surface area contributed by atoms with Crippen LogP contribution in [0, 0.1) is 6.92 Å². The molecule has 0 aromatic heterocycles. The second-order valence-electron chi connectivity index (χ2n) is 11.4. The van der Waals surface area contributed by atoms with Gasteiger partial charge in [0.25, 0.3) is 0 Å². The number of hydrogen-bond donors (Lipinski definition) is 1. The molecule has 0 spiro atoms. The van der Waals surface area contributed by atoms with Crippen LogP contribution in [-0.4, -0.2) is 60.6 Å². The molecule has 0 amide bonds. The Bertz CT molecular complexity index is 1030. The van der Waals surface area contributed by atoms with E-state index >= 15 is 0 Å². The fourth-order valence-electron chi connectivity index (χ4n) is 4.90. The molecule has 10 heteroatoms. The van der Waals surface area contributed by atoms with Crippen LogP contribution >= 0.6 is 11.8 Å². The molecule has 0 unspecified atom stereocenters. The maximum absolute atomic E-state index is 13.8. The molecule has 1 aliphatic heterocycles. The first-order valence-corrected chi connectivity index (χ1v) is 15.6. The molecule has 3 rings (SSSR count). The Morgan fingerprint density at radius 3 is 2.57 bits per heavy atom. The third-order valence-corrected chi connectivity index (χ3v) is 10.2. The first-order chi connectivity index (χ1) is 17.2. The third-order valence-electron chi connectivity index (χ3n) is 6.83. The standard InChI is InChI=1S/C27H42F2N2O4S2/c1-19-10-11-24(37(33,34)31-17-7-9-22(31)25(32)35-26(3,4)5)23(18-19)36-20(2)8-6-16-30-21-12-14-27(28,29)15-13-21/h10-11,18,20-22,30H,6-9,12-17H2,1-5H3/t20-,22+/m1/s1. The van der Waals surface area contributed by atoms with Crippen LogP contribution in [-0.2, 0) is 19.6 Å². The smallest absolute Gasteiger partial charge is 0.324 e. The third kappa shape index (κ3) is 8.63. The number of halogens is 2. The van der Waals surface area contributed by atoms with Crippen LogP contribution in [0.2, 0.25) is 0 Å². The van der Waals surface area contributed by atoms with Gasteiger partial charge in [-0.2, -0.15) is 4.31 Å². The van der Waals surface area contributed by atoms with Gasteiger partial charge >= 0.3 is 5.97 Å². The number of rotatable bonds is 10. The molecule has 1 aromatic rings. The van der Waals surface area contributed by atoms with Crippen LogP contribution in [0.3, 0.4) is 0 Å². The van der Waals surface area contributed by atoms with Crippen molar-refractivity contribution >= 4 is 27.8 Å². The zero-order chi connectivity index (χ0) is 27.4. The SMILES string of the molecule is Cc1ccc(S(=O)(=O)N2CCC[C@H]2C(=O)OC(C)(C)C)c(S[C@H](C)CCCNC2CCC(F)(F)CC2)c1. The number of thioether (sulfide) groups is 1. The van der Waals surface area contributed by atoms with Crippen molar-refractivity contribution in [1.29, 1.82) is 0 Å². The van der Waals surface area contributed by atoms with E-state index in [-0.39, 0.29) is 29.0 Å². The summed E-state index contributed by atoms with van der Waals surface area (Å²) in [5.74, 6) is -3.02. The van der Waals surface area contributed by atoms with Crippen LogP contribution in [0.4, 0.5) is 8.78 Å². The van der Waals surface area contributed by atoms with Gasteiger partial charge in [0.1, 0.15) is 11.6 Å². The molecule has 0 bridgehead atoms. The molecule has 1 saturated carbocycles. The summed E-state index contributed by atoms with van der Waals surface area (Å²) in [7, 11) is -3.89. The zero-order valence-electron chi connectivity index (χ0n) is 22.7. The van der Waals surface area contributed by atoms with E-state index < -0.39 is 33.6 Å². The number of carbonyl (C=O) groups excluding carboxylic acids is 1. The van der Waals surface area contributed by atoms with Crippen molar-refractivity contribution < 1.29 is 26.7 Å². The molecule has 37 heavy (non-hydrogen) atoms. The highest BCUT2D eigenvalue weighted by Gasteiger charge is 2.42. The van der Waals surface area contributed by atoms with Gasteiger partial charge in [0, 0.05) is 35.6 Å². The minimum absolute atomic E-state index is 0.0483. The Hall–Kier alpha value is -1.23. The van der Waals surface area contributed by atoms with Crippen molar-refractivity contribution in [1.82, 2.24) is 9.62 Å². The summed E-state index contributed by atoms with van der Waals surface area (Å²) in [5, 5.41) is 3.56. The molecular formula is C27H42F2N2O4S2. The maximum Gasteiger partial charge on any atom is 0.324 e. The first kappa shape index (κ1) is 30.3. The molecule has 1 N–H and O–H groups in total. The van der Waals surface area contributed by atoms with Crippen molar-refractivity contribution in [3.05, 3.63) is 23.8 Å². The van der Waals surface area contributed by atoms with E-state index in [4.69, 9.17) is 4.74 Å². The lowest BCUT2D eigenvalue weighted by Crippen LogP contribution is -2.43. The number of carbonyl (C=O) groups is 1. The summed E-state index contributed by atoms with van der Waals surface area (Å²) in [6.45, 7) is 10.4. The van der Waals surface area contributed by atoms with Gasteiger partial charge in [0.15, 0.2) is 0 Å². The molecule has 0 radical (unpaired) electrons. The van der Waals surface area contributed by atoms with E-state index in [1.165, 1.54) is 16.1 Å². The van der Waals surface area contributed by atoms with E-state index in [0.29, 0.717) is 37.1 Å². The highest BCUT2D eigenvalue weighted by molar-refractivity contribution is 8.00. The molecule has 1 aliphatic carbocycles. The van der Waals surface area contributed by atoms with E-state index in [9.17, 15) is 22.0 Å². The average molecular weight is 561 g/mol. The number of alkyl halides is 2. The Balaban J connectivity index is 1.62. The predicted octanol–water partition coefficient (Wildman–Crippen LogP) is 5.92. The number of benzene rings is 1. The maximum atomic E-state index is 13.8. The summed E-state index contributed by atoms with van der Waals surface area (Å²) in [4.78, 5) is 13.7. The highest BCUT2D eigenvalue weighted by atomic mass is 32.2. The Morgan fingerprint density at radius 1 is 1.24 bits per heavy atom. The van der Waals surface area contributed by atoms with E-state index in [0.717, 1.165) is 24.9 Å². The van der Waals surface area contributed by atoms with Crippen LogP contribution < -0.4 is 5.32 Å². The Morgan fingerprint density at radius 2 is 1.92 bits per heavy atom. The number of nitrogens with one attached hydrogen (secondary N) is 1. The lowest BCUT2D eigenvalue weighted by atomic mass is 9.92. The highest BCUT2D eigenvalue weighted by Crippen LogP contribution is 2.37. The first-order valence-electron chi connectivity index (χ1n) is 13.3. The Kier molecular flexibility index (Phi) is 10.1. The van der Waals surface area contributed by atoms with Crippen LogP contribution in [0.15, 0.2) is 28.0 Å². The van der Waals surface area contributed by atoms with Gasteiger partial charge in [-0.1, -0.05) is 13.0 Å². The summed E-state index contributed by atoms with van der Waals surface area (Å²) in [5.41, 5.74) is 0.279. The second-order valence-corrected chi connectivity index (χ2v) is 14.8. The van der Waals surface area contributed by atoms with Gasteiger partial charge in [-0.25, -0.2) is 17.2 Å². The quantitative estimate of drug-likeness (QED) is 0.218. The molecular weight excluding hydrogens is 518 g/mol. The number of nitrogens with zero attached hydrogens (tertiary/aromatic N) is 1. The topological polar surface area (TPSA) is 75.7 Å². The summed E-state index contributed by atoms with van der Waals surface area (Å²) >= 11 is 1.53. The molecule has 2 aliphatic rings. The van der Waals surface area contributed by atoms with Gasteiger partial charge in [0.2, 0.25) is 15.9 Å². The van der Waals surface area contributed by atoms with Gasteiger partial charge in [0.05, 0.1) is 4.90 Å². The lowest BCUT2D eigenvalue weighted by molar-refractivity contribution is -0.158. The normalized spacial score (nSPS) is 22.2. The van der Waals surface area contributed by atoms with E-state index in [1.54, 1.807) is 32.9 Å². The number of esters is 1. The summed E-state index contributed by atoms with van der Waals surface area (Å²) in [6, 6.07) is 4.66. The molecule has 6 nitrogen and oxygen atoms in total. The van der Waals surface area contributed by atoms with Crippen LogP contribution in [0.1, 0.15) is 84.6 Å². The fraction of sp³-hybridized carbons (Fsp3) is 0.741. The van der Waals surface area contributed by atoms with Gasteiger partial charge < -0.3 is 10.1 Å². The second kappa shape index (κ2) is 12.3. The Labute approximate surface area is 225 Å². The predicted molar refractivity (Wildman–Crippen MR) is 144 cm³/mol. The lowest BCUT2D eigenvalue weighted by Gasteiger charge is -2.29. The minimum Gasteiger partial charge on any atom is -0.459 e. The van der Waals surface area contributed by atoms with Crippen molar-refractivity contribution in [3.63, 3.8) is 0 Å². The monoisotopic (exact) mass is 560 g/mol. The average Bonchev–Trinajstić information content (AvgIpc) is 3.28. The van der Waals surface area contributed by atoms with Crippen molar-refractivity contribution in [2.24, 2.45) is 0 Å². The molecule has 1 aromatic carbocycles. The van der Waals surface area contributed by atoms with Crippen LogP contribution in [0.5, 0.6) is 0 Å². The van der Waals surface area contributed by atoms with Crippen LogP contribution in [0.25, 0.3) is 0 Å². The fourth-order valence-corrected chi connectivity index (χ4v) is 8.21. The van der Waals surface area contributed by atoms with E-state index in [1.807, 2.05) is 13.0 Å². The molecule has 1 heterocycles. The molecule has 210 valence electrons. The van der Waals surface area contributed by atoms with Gasteiger partial charge in [-0.3, -0.25) is 4.79 Å². The van der Waals surface area contributed by atoms with Gasteiger partial charge in [-0.05, 0) is 90.5 Å². The number of hydrogen-bond acceptors (Lipinski definition) is 6. The number of sulfonamides is 1.